The molecule has 0 aliphatic rings. The lowest BCUT2D eigenvalue weighted by molar-refractivity contribution is -0.116. The molecule has 0 aliphatic heterocycles. The first kappa shape index (κ1) is 21.6. The molecule has 7 nitrogen and oxygen atoms in total. The highest BCUT2D eigenvalue weighted by atomic mass is 16.2. The number of hydrogen-bond acceptors (Lipinski definition) is 3. The number of aryl methyl sites for hydroxylation is 1. The fraction of sp³-hybridized carbons (Fsp3) is 0.125. The summed E-state index contributed by atoms with van der Waals surface area (Å²) in [5.41, 5.74) is 3.14. The maximum atomic E-state index is 12.7. The molecule has 4 N–H and O–H groups in total. The Balaban J connectivity index is 1.52. The Labute approximate surface area is 180 Å². The lowest BCUT2D eigenvalue weighted by Crippen LogP contribution is -2.31. The molecule has 0 aromatic heterocycles. The van der Waals surface area contributed by atoms with Crippen molar-refractivity contribution in [1.29, 1.82) is 0 Å². The summed E-state index contributed by atoms with van der Waals surface area (Å²) in [6.45, 7) is 2.10. The number of carbonyl (C=O) groups is 3. The van der Waals surface area contributed by atoms with Gasteiger partial charge in [-0.1, -0.05) is 42.5 Å². The van der Waals surface area contributed by atoms with Crippen LogP contribution in [0, 0.1) is 6.92 Å². The smallest absolute Gasteiger partial charge is 0.319 e. The van der Waals surface area contributed by atoms with Crippen LogP contribution in [-0.4, -0.2) is 24.4 Å². The number of benzene rings is 3. The molecule has 0 bridgehead atoms. The van der Waals surface area contributed by atoms with Crippen LogP contribution in [0.25, 0.3) is 0 Å². The van der Waals surface area contributed by atoms with E-state index in [0.29, 0.717) is 22.6 Å². The van der Waals surface area contributed by atoms with Crippen LogP contribution in [-0.2, 0) is 4.79 Å². The quantitative estimate of drug-likeness (QED) is 0.459. The summed E-state index contributed by atoms with van der Waals surface area (Å²) in [6.07, 6.45) is 0.0655. The molecule has 0 saturated carbocycles. The summed E-state index contributed by atoms with van der Waals surface area (Å²) >= 11 is 0. The van der Waals surface area contributed by atoms with E-state index >= 15 is 0 Å². The molecule has 0 saturated heterocycles. The number of rotatable bonds is 7. The van der Waals surface area contributed by atoms with Gasteiger partial charge in [0.15, 0.2) is 0 Å². The summed E-state index contributed by atoms with van der Waals surface area (Å²) in [5, 5.41) is 10.9. The van der Waals surface area contributed by atoms with Crippen LogP contribution in [0.4, 0.5) is 21.9 Å². The molecular weight excluding hydrogens is 392 g/mol. The van der Waals surface area contributed by atoms with Gasteiger partial charge in [0.25, 0.3) is 5.91 Å². The van der Waals surface area contributed by atoms with Gasteiger partial charge >= 0.3 is 6.03 Å². The van der Waals surface area contributed by atoms with Gasteiger partial charge in [-0.15, -0.1) is 0 Å². The van der Waals surface area contributed by atoms with Gasteiger partial charge in [-0.05, 0) is 48.9 Å². The van der Waals surface area contributed by atoms with E-state index in [2.05, 4.69) is 21.3 Å². The molecule has 0 heterocycles. The number of para-hydroxylation sites is 2. The van der Waals surface area contributed by atoms with Gasteiger partial charge in [-0.2, -0.15) is 0 Å². The van der Waals surface area contributed by atoms with Crippen LogP contribution in [0.3, 0.4) is 0 Å². The molecule has 4 amide bonds. The van der Waals surface area contributed by atoms with E-state index in [1.165, 1.54) is 0 Å². The van der Waals surface area contributed by atoms with Crippen LogP contribution in [0.5, 0.6) is 0 Å². The van der Waals surface area contributed by atoms with Crippen molar-refractivity contribution in [2.75, 3.05) is 22.5 Å². The van der Waals surface area contributed by atoms with Crippen molar-refractivity contribution in [1.82, 2.24) is 5.32 Å². The topological polar surface area (TPSA) is 99.3 Å². The van der Waals surface area contributed by atoms with Crippen molar-refractivity contribution in [3.8, 4) is 0 Å². The van der Waals surface area contributed by atoms with E-state index in [-0.39, 0.29) is 24.8 Å². The van der Waals surface area contributed by atoms with Crippen molar-refractivity contribution in [3.63, 3.8) is 0 Å². The second-order valence-corrected chi connectivity index (χ2v) is 6.91. The average Bonchev–Trinajstić information content (AvgIpc) is 2.75. The van der Waals surface area contributed by atoms with Crippen LogP contribution in [0.15, 0.2) is 78.9 Å². The predicted molar refractivity (Wildman–Crippen MR) is 122 cm³/mol. The Morgan fingerprint density at radius 1 is 0.742 bits per heavy atom. The second-order valence-electron chi connectivity index (χ2n) is 6.91. The van der Waals surface area contributed by atoms with Gasteiger partial charge in [0.2, 0.25) is 5.91 Å². The number of hydrogen-bond donors (Lipinski definition) is 4. The zero-order valence-electron chi connectivity index (χ0n) is 17.1. The lowest BCUT2D eigenvalue weighted by Gasteiger charge is -2.12. The van der Waals surface area contributed by atoms with Gasteiger partial charge in [0, 0.05) is 24.3 Å². The largest absolute Gasteiger partial charge is 0.337 e. The van der Waals surface area contributed by atoms with E-state index < -0.39 is 6.03 Å². The van der Waals surface area contributed by atoms with Crippen LogP contribution < -0.4 is 21.3 Å². The van der Waals surface area contributed by atoms with E-state index in [1.807, 2.05) is 43.3 Å². The monoisotopic (exact) mass is 416 g/mol. The van der Waals surface area contributed by atoms with Crippen molar-refractivity contribution in [2.45, 2.75) is 13.3 Å². The SMILES string of the molecule is Cc1cccc(NC(=O)c2ccccc2NC(=O)CCNC(=O)Nc2ccccc2)c1. The molecule has 0 radical (unpaired) electrons. The van der Waals surface area contributed by atoms with Crippen molar-refractivity contribution >= 4 is 34.9 Å². The first-order valence-electron chi connectivity index (χ1n) is 9.88. The average molecular weight is 416 g/mol. The highest BCUT2D eigenvalue weighted by Crippen LogP contribution is 2.18. The molecule has 3 aromatic rings. The number of anilines is 3. The number of amides is 4. The summed E-state index contributed by atoms with van der Waals surface area (Å²) in [5.74, 6) is -0.627. The molecule has 158 valence electrons. The Morgan fingerprint density at radius 3 is 2.23 bits per heavy atom. The maximum absolute atomic E-state index is 12.7. The fourth-order valence-corrected chi connectivity index (χ4v) is 2.91. The van der Waals surface area contributed by atoms with Crippen LogP contribution in [0.2, 0.25) is 0 Å². The molecule has 7 heteroatoms. The third-order valence-electron chi connectivity index (χ3n) is 4.39. The van der Waals surface area contributed by atoms with E-state index in [4.69, 9.17) is 0 Å². The highest BCUT2D eigenvalue weighted by molar-refractivity contribution is 6.10. The highest BCUT2D eigenvalue weighted by Gasteiger charge is 2.13. The van der Waals surface area contributed by atoms with Gasteiger partial charge < -0.3 is 21.3 Å². The van der Waals surface area contributed by atoms with Crippen molar-refractivity contribution < 1.29 is 14.4 Å². The minimum atomic E-state index is -0.392. The Kier molecular flexibility index (Phi) is 7.37. The maximum Gasteiger partial charge on any atom is 0.319 e. The van der Waals surface area contributed by atoms with Crippen molar-refractivity contribution in [2.24, 2.45) is 0 Å². The fourth-order valence-electron chi connectivity index (χ4n) is 2.91. The summed E-state index contributed by atoms with van der Waals surface area (Å²) in [6, 6.07) is 22.9. The first-order valence-corrected chi connectivity index (χ1v) is 9.88. The zero-order chi connectivity index (χ0) is 22.1. The van der Waals surface area contributed by atoms with Gasteiger partial charge in [0.05, 0.1) is 11.3 Å². The Bertz CT molecular complexity index is 1070. The van der Waals surface area contributed by atoms with Crippen LogP contribution in [0.1, 0.15) is 22.3 Å². The number of nitrogens with one attached hydrogen (secondary N) is 4. The molecule has 0 aliphatic carbocycles. The Hall–Kier alpha value is -4.13. The molecule has 3 rings (SSSR count). The van der Waals surface area contributed by atoms with Gasteiger partial charge in [-0.25, -0.2) is 4.79 Å². The predicted octanol–water partition coefficient (Wildman–Crippen LogP) is 4.40. The third kappa shape index (κ3) is 6.71. The van der Waals surface area contributed by atoms with Crippen molar-refractivity contribution in [3.05, 3.63) is 90.0 Å². The lowest BCUT2D eigenvalue weighted by atomic mass is 10.1. The van der Waals surface area contributed by atoms with Gasteiger partial charge in [-0.3, -0.25) is 9.59 Å². The standard InChI is InChI=1S/C24H24N4O3/c1-17-8-7-11-19(16-17)26-23(30)20-12-5-6-13-21(20)28-22(29)14-15-25-24(31)27-18-9-3-2-4-10-18/h2-13,16H,14-15H2,1H3,(H,26,30)(H,28,29)(H2,25,27,31). The normalized spacial score (nSPS) is 10.1. The molecule has 0 fully saturated rings. The molecule has 0 unspecified atom stereocenters. The summed E-state index contributed by atoms with van der Waals surface area (Å²) < 4.78 is 0. The minimum absolute atomic E-state index is 0.0655. The number of carbonyl (C=O) groups excluding carboxylic acids is 3. The Morgan fingerprint density at radius 2 is 1.45 bits per heavy atom. The molecule has 31 heavy (non-hydrogen) atoms. The van der Waals surface area contributed by atoms with Gasteiger partial charge in [0.1, 0.15) is 0 Å². The van der Waals surface area contributed by atoms with E-state index in [9.17, 15) is 14.4 Å². The molecule has 3 aromatic carbocycles. The van der Waals surface area contributed by atoms with E-state index in [1.54, 1.807) is 42.5 Å². The first-order chi connectivity index (χ1) is 15.0. The minimum Gasteiger partial charge on any atom is -0.337 e. The third-order valence-corrected chi connectivity index (χ3v) is 4.39. The molecule has 0 atom stereocenters. The summed E-state index contributed by atoms with van der Waals surface area (Å²) in [7, 11) is 0. The molecular formula is C24H24N4O3. The van der Waals surface area contributed by atoms with E-state index in [0.717, 1.165) is 5.56 Å². The van der Waals surface area contributed by atoms with Crippen LogP contribution >= 0.6 is 0 Å². The number of urea groups is 1. The zero-order valence-corrected chi connectivity index (χ0v) is 17.1. The molecule has 0 spiro atoms. The summed E-state index contributed by atoms with van der Waals surface area (Å²) in [4.78, 5) is 36.9. The second kappa shape index (κ2) is 10.6.